The summed E-state index contributed by atoms with van der Waals surface area (Å²) in [4.78, 5) is 24.6. The van der Waals surface area contributed by atoms with Gasteiger partial charge in [0.05, 0.1) is 17.2 Å². The minimum absolute atomic E-state index is 0.0538. The molecule has 0 saturated heterocycles. The highest BCUT2D eigenvalue weighted by Gasteiger charge is 2.27. The molecule has 1 aliphatic rings. The Balaban J connectivity index is 2.51. The number of allylic oxidation sites excluding steroid dienone is 3. The molecule has 0 amide bonds. The van der Waals surface area contributed by atoms with E-state index in [1.807, 2.05) is 0 Å². The van der Waals surface area contributed by atoms with Crippen molar-refractivity contribution in [2.24, 2.45) is 0 Å². The van der Waals surface area contributed by atoms with Crippen LogP contribution in [0.4, 0.5) is 0 Å². The number of rotatable bonds is 0. The third kappa shape index (κ3) is 4.63. The lowest BCUT2D eigenvalue weighted by Gasteiger charge is -2.21. The second kappa shape index (κ2) is 8.35. The molecule has 26 heavy (non-hydrogen) atoms. The first-order valence-corrected chi connectivity index (χ1v) is 8.26. The molecule has 1 aliphatic heterocycles. The molecule has 1 aromatic rings. The number of phenolic OH excluding ortho intramolecular Hbond substituents is 2. The summed E-state index contributed by atoms with van der Waals surface area (Å²) >= 11 is 6.01. The van der Waals surface area contributed by atoms with Gasteiger partial charge in [-0.3, -0.25) is 4.79 Å². The first kappa shape index (κ1) is 20.0. The van der Waals surface area contributed by atoms with Gasteiger partial charge in [0, 0.05) is 24.5 Å². The Morgan fingerprint density at radius 3 is 2.54 bits per heavy atom. The number of aromatic hydroxyl groups is 2. The molecule has 4 N–H and O–H groups in total. The highest BCUT2D eigenvalue weighted by atomic mass is 35.5. The summed E-state index contributed by atoms with van der Waals surface area (Å²) in [5, 5.41) is 39.4. The lowest BCUT2D eigenvalue weighted by Crippen LogP contribution is -2.30. The number of cyclic esters (lactones) is 1. The summed E-state index contributed by atoms with van der Waals surface area (Å²) in [6, 6.07) is 0.887. The number of carbonyl (C=O) groups excluding carboxylic acids is 2. The first-order chi connectivity index (χ1) is 12.2. The topological polar surface area (TPSA) is 124 Å². The molecule has 3 unspecified atom stereocenters. The van der Waals surface area contributed by atoms with Gasteiger partial charge in [-0.1, -0.05) is 29.8 Å². The van der Waals surface area contributed by atoms with Crippen molar-refractivity contribution in [1.29, 1.82) is 0 Å². The smallest absolute Gasteiger partial charge is 0.342 e. The number of ether oxygens (including phenoxy) is 1. The highest BCUT2D eigenvalue weighted by Crippen LogP contribution is 2.37. The molecule has 1 heterocycles. The summed E-state index contributed by atoms with van der Waals surface area (Å²) in [7, 11) is 0. The Kier molecular flexibility index (Phi) is 6.42. The fraction of sp³-hybridized carbons (Fsp3) is 0.333. The molecule has 0 bridgehead atoms. The van der Waals surface area contributed by atoms with Gasteiger partial charge in [0.15, 0.2) is 5.78 Å². The van der Waals surface area contributed by atoms with Crippen LogP contribution < -0.4 is 0 Å². The predicted molar refractivity (Wildman–Crippen MR) is 93.3 cm³/mol. The highest BCUT2D eigenvalue weighted by molar-refractivity contribution is 6.33. The van der Waals surface area contributed by atoms with Gasteiger partial charge in [-0.25, -0.2) is 4.79 Å². The number of carbonyl (C=O) groups is 2. The van der Waals surface area contributed by atoms with Crippen molar-refractivity contribution < 1.29 is 34.8 Å². The van der Waals surface area contributed by atoms with Crippen LogP contribution in [0.25, 0.3) is 0 Å². The Bertz CT molecular complexity index is 769. The van der Waals surface area contributed by atoms with Crippen LogP contribution in [0.5, 0.6) is 11.5 Å². The molecule has 0 aliphatic carbocycles. The van der Waals surface area contributed by atoms with Gasteiger partial charge >= 0.3 is 5.97 Å². The molecule has 0 aromatic heterocycles. The molecule has 7 nitrogen and oxygen atoms in total. The van der Waals surface area contributed by atoms with E-state index in [1.54, 1.807) is 0 Å². The minimum Gasteiger partial charge on any atom is -0.507 e. The Hall–Kier alpha value is -2.35. The van der Waals surface area contributed by atoms with E-state index in [1.165, 1.54) is 31.2 Å². The van der Waals surface area contributed by atoms with Gasteiger partial charge in [-0.2, -0.15) is 0 Å². The quantitative estimate of drug-likeness (QED) is 0.503. The van der Waals surface area contributed by atoms with E-state index in [0.29, 0.717) is 0 Å². The zero-order valence-corrected chi connectivity index (χ0v) is 14.7. The van der Waals surface area contributed by atoms with Crippen molar-refractivity contribution in [3.05, 3.63) is 46.5 Å². The Morgan fingerprint density at radius 2 is 1.85 bits per heavy atom. The van der Waals surface area contributed by atoms with Crippen LogP contribution in [0.1, 0.15) is 29.3 Å². The first-order valence-electron chi connectivity index (χ1n) is 7.88. The number of aliphatic hydroxyl groups excluding tert-OH is 2. The van der Waals surface area contributed by atoms with Crippen molar-refractivity contribution >= 4 is 23.4 Å². The van der Waals surface area contributed by atoms with Crippen molar-refractivity contribution in [3.63, 3.8) is 0 Å². The van der Waals surface area contributed by atoms with E-state index < -0.39 is 41.6 Å². The second-order valence-corrected chi connectivity index (χ2v) is 6.36. The van der Waals surface area contributed by atoms with Crippen molar-refractivity contribution in [1.82, 2.24) is 0 Å². The largest absolute Gasteiger partial charge is 0.507 e. The number of phenols is 2. The molecule has 0 saturated carbocycles. The van der Waals surface area contributed by atoms with E-state index in [0.717, 1.165) is 6.07 Å². The molecule has 0 spiro atoms. The summed E-state index contributed by atoms with van der Waals surface area (Å²) < 4.78 is 5.19. The number of benzene rings is 1. The number of fused-ring (bicyclic) bond motifs is 1. The third-order valence-electron chi connectivity index (χ3n) is 3.85. The van der Waals surface area contributed by atoms with Gasteiger partial charge in [-0.05, 0) is 13.0 Å². The molecule has 0 radical (unpaired) electrons. The van der Waals surface area contributed by atoms with Crippen molar-refractivity contribution in [2.75, 3.05) is 0 Å². The zero-order chi connectivity index (χ0) is 19.4. The van der Waals surface area contributed by atoms with Gasteiger partial charge in [0.1, 0.15) is 23.2 Å². The van der Waals surface area contributed by atoms with Crippen LogP contribution in [-0.4, -0.2) is 50.5 Å². The van der Waals surface area contributed by atoms with Crippen LogP contribution >= 0.6 is 11.6 Å². The maximum Gasteiger partial charge on any atom is 0.342 e. The standard InChI is InChI=1S/C18H19ClO7/c1-9-6-13(22)12(21)5-3-2-4-10(20)7-11-16(18(25)26-9)14(23)8-15(24)17(11)19/h2-5,8-9,12-13,21-24H,6-7H2,1H3/b4-2?,5-3+. The number of ketones is 1. The van der Waals surface area contributed by atoms with E-state index >= 15 is 0 Å². The van der Waals surface area contributed by atoms with Crippen LogP contribution in [0.15, 0.2) is 30.4 Å². The van der Waals surface area contributed by atoms with Crippen LogP contribution in [0, 0.1) is 0 Å². The number of halogens is 1. The Labute approximate surface area is 154 Å². The van der Waals surface area contributed by atoms with Gasteiger partial charge in [0.2, 0.25) is 0 Å². The van der Waals surface area contributed by atoms with Crippen LogP contribution in [0.3, 0.4) is 0 Å². The molecule has 0 fully saturated rings. The summed E-state index contributed by atoms with van der Waals surface area (Å²) in [5.41, 5.74) is -0.387. The average molecular weight is 383 g/mol. The lowest BCUT2D eigenvalue weighted by molar-refractivity contribution is -0.114. The Morgan fingerprint density at radius 1 is 1.15 bits per heavy atom. The molecule has 2 rings (SSSR count). The van der Waals surface area contributed by atoms with Gasteiger partial charge < -0.3 is 25.2 Å². The third-order valence-corrected chi connectivity index (χ3v) is 4.28. The average Bonchev–Trinajstić information content (AvgIpc) is 2.54. The molecule has 140 valence electrons. The molecular formula is C18H19ClO7. The number of aliphatic hydroxyl groups is 2. The minimum atomic E-state index is -1.20. The second-order valence-electron chi connectivity index (χ2n) is 5.98. The number of hydrogen-bond acceptors (Lipinski definition) is 7. The fourth-order valence-corrected chi connectivity index (χ4v) is 2.77. The number of esters is 1. The van der Waals surface area contributed by atoms with Crippen molar-refractivity contribution in [3.8, 4) is 11.5 Å². The zero-order valence-electron chi connectivity index (χ0n) is 13.9. The van der Waals surface area contributed by atoms with Crippen molar-refractivity contribution in [2.45, 2.75) is 38.1 Å². The SMILES string of the molecule is CC1CC(O)C(O)/C=C/C=CC(=O)Cc2c(Cl)c(O)cc(O)c2C(=O)O1. The number of hydrogen-bond donors (Lipinski definition) is 4. The van der Waals surface area contributed by atoms with E-state index in [-0.39, 0.29) is 29.0 Å². The maximum absolute atomic E-state index is 12.5. The fourth-order valence-electron chi connectivity index (χ4n) is 2.55. The van der Waals surface area contributed by atoms with E-state index in [9.17, 15) is 30.0 Å². The predicted octanol–water partition coefficient (Wildman–Crippen LogP) is 1.65. The van der Waals surface area contributed by atoms with Crippen LogP contribution in [0.2, 0.25) is 5.02 Å². The van der Waals surface area contributed by atoms with Crippen LogP contribution in [-0.2, 0) is 16.0 Å². The monoisotopic (exact) mass is 382 g/mol. The van der Waals surface area contributed by atoms with E-state index in [2.05, 4.69) is 0 Å². The summed E-state index contributed by atoms with van der Waals surface area (Å²) in [6.07, 6.45) is 1.64. The molecular weight excluding hydrogens is 364 g/mol. The summed E-state index contributed by atoms with van der Waals surface area (Å²) in [5.74, 6) is -2.47. The summed E-state index contributed by atoms with van der Waals surface area (Å²) in [6.45, 7) is 1.51. The molecule has 8 heteroatoms. The van der Waals surface area contributed by atoms with Gasteiger partial charge in [0.25, 0.3) is 0 Å². The molecule has 1 aromatic carbocycles. The normalized spacial score (nSPS) is 25.9. The lowest BCUT2D eigenvalue weighted by atomic mass is 9.99. The van der Waals surface area contributed by atoms with Gasteiger partial charge in [-0.15, -0.1) is 0 Å². The van der Waals surface area contributed by atoms with E-state index in [4.69, 9.17) is 16.3 Å². The molecule has 3 atom stereocenters. The maximum atomic E-state index is 12.5.